The fraction of sp³-hybridized carbons (Fsp3) is 0.111. The van der Waals surface area contributed by atoms with E-state index in [2.05, 4.69) is 31.2 Å². The van der Waals surface area contributed by atoms with E-state index in [1.807, 2.05) is 25.2 Å². The van der Waals surface area contributed by atoms with Crippen molar-refractivity contribution in [2.75, 3.05) is 18.1 Å². The van der Waals surface area contributed by atoms with Gasteiger partial charge in [0.15, 0.2) is 0 Å². The van der Waals surface area contributed by atoms with Gasteiger partial charge in [-0.25, -0.2) is 4.98 Å². The molecule has 0 fully saturated rings. The highest BCUT2D eigenvalue weighted by molar-refractivity contribution is 9.10. The van der Waals surface area contributed by atoms with Gasteiger partial charge in [-0.15, -0.1) is 0 Å². The summed E-state index contributed by atoms with van der Waals surface area (Å²) >= 11 is 3.38. The van der Waals surface area contributed by atoms with Crippen LogP contribution in [0, 0.1) is 0 Å². The maximum absolute atomic E-state index is 5.57. The fourth-order valence-electron chi connectivity index (χ4n) is 1.31. The molecule has 1 heterocycles. The smallest absolute Gasteiger partial charge is 0.222 e. The van der Waals surface area contributed by atoms with Crippen molar-refractivity contribution >= 4 is 38.6 Å². The Hall–Kier alpha value is -1.36. The molecule has 14 heavy (non-hydrogen) atoms. The van der Waals surface area contributed by atoms with Gasteiger partial charge in [-0.3, -0.25) is 0 Å². The zero-order valence-electron chi connectivity index (χ0n) is 7.58. The first-order valence-corrected chi connectivity index (χ1v) is 4.90. The highest BCUT2D eigenvalue weighted by Gasteiger charge is 2.04. The predicted octanol–water partition coefficient (Wildman–Crippen LogP) is 2.02. The summed E-state index contributed by atoms with van der Waals surface area (Å²) in [7, 11) is 1.81. The average molecular weight is 253 g/mol. The number of rotatable bonds is 1. The van der Waals surface area contributed by atoms with E-state index >= 15 is 0 Å². The minimum absolute atomic E-state index is 0.278. The van der Waals surface area contributed by atoms with E-state index in [-0.39, 0.29) is 5.95 Å². The number of nitrogen functional groups attached to an aromatic ring is 1. The number of halogens is 1. The molecule has 1 aromatic heterocycles. The van der Waals surface area contributed by atoms with E-state index in [1.165, 1.54) is 0 Å². The summed E-state index contributed by atoms with van der Waals surface area (Å²) in [5.74, 6) is 1.03. The normalized spacial score (nSPS) is 10.4. The molecule has 0 bridgehead atoms. The van der Waals surface area contributed by atoms with Gasteiger partial charge in [0.25, 0.3) is 0 Å². The molecule has 0 atom stereocenters. The number of hydrogen-bond acceptors (Lipinski definition) is 4. The van der Waals surface area contributed by atoms with E-state index in [1.54, 1.807) is 0 Å². The van der Waals surface area contributed by atoms with Gasteiger partial charge in [-0.2, -0.15) is 4.98 Å². The van der Waals surface area contributed by atoms with Gasteiger partial charge in [-0.1, -0.05) is 15.9 Å². The van der Waals surface area contributed by atoms with Gasteiger partial charge in [-0.05, 0) is 18.2 Å². The Morgan fingerprint density at radius 3 is 2.86 bits per heavy atom. The summed E-state index contributed by atoms with van der Waals surface area (Å²) in [4.78, 5) is 8.23. The summed E-state index contributed by atoms with van der Waals surface area (Å²) in [5, 5.41) is 3.95. The molecule has 0 aliphatic rings. The Bertz CT molecular complexity index is 478. The van der Waals surface area contributed by atoms with Crippen molar-refractivity contribution in [3.05, 3.63) is 22.7 Å². The lowest BCUT2D eigenvalue weighted by atomic mass is 10.2. The lowest BCUT2D eigenvalue weighted by Crippen LogP contribution is -2.00. The largest absolute Gasteiger partial charge is 0.372 e. The molecule has 4 nitrogen and oxygen atoms in total. The van der Waals surface area contributed by atoms with Crippen LogP contribution in [0.2, 0.25) is 0 Å². The number of benzene rings is 1. The van der Waals surface area contributed by atoms with Gasteiger partial charge >= 0.3 is 0 Å². The van der Waals surface area contributed by atoms with Crippen LogP contribution in [0.25, 0.3) is 10.9 Å². The number of fused-ring (bicyclic) bond motifs is 1. The number of anilines is 2. The van der Waals surface area contributed by atoms with Crippen LogP contribution in [0.15, 0.2) is 22.7 Å². The Morgan fingerprint density at radius 1 is 1.36 bits per heavy atom. The van der Waals surface area contributed by atoms with Crippen LogP contribution in [-0.4, -0.2) is 17.0 Å². The van der Waals surface area contributed by atoms with Crippen molar-refractivity contribution in [2.45, 2.75) is 0 Å². The topological polar surface area (TPSA) is 63.8 Å². The number of nitrogens with one attached hydrogen (secondary N) is 1. The minimum Gasteiger partial charge on any atom is -0.372 e. The molecule has 0 amide bonds. The van der Waals surface area contributed by atoms with Crippen molar-refractivity contribution in [3.8, 4) is 0 Å². The number of nitrogens with zero attached hydrogens (tertiary/aromatic N) is 2. The van der Waals surface area contributed by atoms with Crippen LogP contribution in [0.4, 0.5) is 11.8 Å². The predicted molar refractivity (Wildman–Crippen MR) is 61.2 cm³/mol. The Kier molecular flexibility index (Phi) is 2.25. The third kappa shape index (κ3) is 1.50. The standard InChI is InChI=1S/C9H9BrN4/c1-12-8-6-3-2-5(10)4-7(6)13-9(11)14-8/h2-4H,1H3,(H3,11,12,13,14). The molecular weight excluding hydrogens is 244 g/mol. The van der Waals surface area contributed by atoms with Crippen LogP contribution >= 0.6 is 15.9 Å². The second-order valence-corrected chi connectivity index (χ2v) is 3.76. The Morgan fingerprint density at radius 2 is 2.14 bits per heavy atom. The van der Waals surface area contributed by atoms with Gasteiger partial charge in [0.05, 0.1) is 5.52 Å². The minimum atomic E-state index is 0.278. The molecule has 2 aromatic rings. The molecule has 0 saturated heterocycles. The van der Waals surface area contributed by atoms with Crippen LogP contribution in [0.3, 0.4) is 0 Å². The quantitative estimate of drug-likeness (QED) is 0.816. The number of nitrogens with two attached hydrogens (primary N) is 1. The molecule has 0 aliphatic heterocycles. The molecule has 72 valence electrons. The number of aromatic nitrogens is 2. The SMILES string of the molecule is CNc1nc(N)nc2cc(Br)ccc12. The molecule has 0 spiro atoms. The third-order valence-corrected chi connectivity index (χ3v) is 2.41. The second-order valence-electron chi connectivity index (χ2n) is 2.84. The molecule has 0 radical (unpaired) electrons. The van der Waals surface area contributed by atoms with Crippen LogP contribution in [0.1, 0.15) is 0 Å². The molecule has 2 rings (SSSR count). The summed E-state index contributed by atoms with van der Waals surface area (Å²) in [6.45, 7) is 0. The van der Waals surface area contributed by atoms with Crippen molar-refractivity contribution < 1.29 is 0 Å². The van der Waals surface area contributed by atoms with Crippen LogP contribution < -0.4 is 11.1 Å². The first-order chi connectivity index (χ1) is 6.70. The van der Waals surface area contributed by atoms with E-state index in [0.29, 0.717) is 0 Å². The molecule has 5 heteroatoms. The summed E-state index contributed by atoms with van der Waals surface area (Å²) in [6.07, 6.45) is 0. The lowest BCUT2D eigenvalue weighted by Gasteiger charge is -2.05. The van der Waals surface area contributed by atoms with E-state index in [0.717, 1.165) is 21.2 Å². The second kappa shape index (κ2) is 3.42. The van der Waals surface area contributed by atoms with E-state index in [4.69, 9.17) is 5.73 Å². The van der Waals surface area contributed by atoms with Gasteiger partial charge < -0.3 is 11.1 Å². The van der Waals surface area contributed by atoms with Crippen molar-refractivity contribution in [1.82, 2.24) is 9.97 Å². The average Bonchev–Trinajstić information content (AvgIpc) is 2.15. The van der Waals surface area contributed by atoms with Crippen molar-refractivity contribution in [2.24, 2.45) is 0 Å². The van der Waals surface area contributed by atoms with Crippen molar-refractivity contribution in [3.63, 3.8) is 0 Å². The number of hydrogen-bond donors (Lipinski definition) is 2. The molecular formula is C9H9BrN4. The van der Waals surface area contributed by atoms with Crippen LogP contribution in [-0.2, 0) is 0 Å². The van der Waals surface area contributed by atoms with Crippen LogP contribution in [0.5, 0.6) is 0 Å². The fourth-order valence-corrected chi connectivity index (χ4v) is 1.66. The van der Waals surface area contributed by atoms with Crippen molar-refractivity contribution in [1.29, 1.82) is 0 Å². The Labute approximate surface area is 89.7 Å². The molecule has 0 unspecified atom stereocenters. The van der Waals surface area contributed by atoms with Gasteiger partial charge in [0, 0.05) is 16.9 Å². The third-order valence-electron chi connectivity index (χ3n) is 1.91. The van der Waals surface area contributed by atoms with Gasteiger partial charge in [0.1, 0.15) is 5.82 Å². The zero-order chi connectivity index (χ0) is 10.1. The summed E-state index contributed by atoms with van der Waals surface area (Å²) < 4.78 is 0.977. The first-order valence-electron chi connectivity index (χ1n) is 4.11. The zero-order valence-corrected chi connectivity index (χ0v) is 9.17. The monoisotopic (exact) mass is 252 g/mol. The molecule has 1 aromatic carbocycles. The molecule has 0 saturated carbocycles. The first kappa shape index (κ1) is 9.21. The maximum atomic E-state index is 5.57. The van der Waals surface area contributed by atoms with E-state index in [9.17, 15) is 0 Å². The van der Waals surface area contributed by atoms with E-state index < -0.39 is 0 Å². The highest BCUT2D eigenvalue weighted by atomic mass is 79.9. The van der Waals surface area contributed by atoms with Gasteiger partial charge in [0.2, 0.25) is 5.95 Å². The maximum Gasteiger partial charge on any atom is 0.222 e. The lowest BCUT2D eigenvalue weighted by molar-refractivity contribution is 1.22. The molecule has 3 N–H and O–H groups in total. The molecule has 0 aliphatic carbocycles. The Balaban J connectivity index is 2.81. The summed E-state index contributed by atoms with van der Waals surface area (Å²) in [6, 6.07) is 5.81. The summed E-state index contributed by atoms with van der Waals surface area (Å²) in [5.41, 5.74) is 6.40. The highest BCUT2D eigenvalue weighted by Crippen LogP contribution is 2.23.